The van der Waals surface area contributed by atoms with E-state index in [9.17, 15) is 4.79 Å². The molecule has 1 fully saturated rings. The van der Waals surface area contributed by atoms with E-state index in [0.29, 0.717) is 31.0 Å². The van der Waals surface area contributed by atoms with Gasteiger partial charge in [0.2, 0.25) is 5.91 Å². The average molecular weight is 273 g/mol. The molecule has 5 nitrogen and oxygen atoms in total. The minimum absolute atomic E-state index is 0.153. The Bertz CT molecular complexity index is 510. The van der Waals surface area contributed by atoms with E-state index in [-0.39, 0.29) is 5.91 Å². The number of ether oxygens (including phenoxy) is 1. The van der Waals surface area contributed by atoms with Gasteiger partial charge in [0.15, 0.2) is 0 Å². The van der Waals surface area contributed by atoms with Gasteiger partial charge in [0.25, 0.3) is 0 Å². The Labute approximate surface area is 119 Å². The van der Waals surface area contributed by atoms with Crippen molar-refractivity contribution in [2.75, 3.05) is 39.8 Å². The molecule has 106 valence electrons. The van der Waals surface area contributed by atoms with E-state index in [4.69, 9.17) is 10.00 Å². The summed E-state index contributed by atoms with van der Waals surface area (Å²) in [5.41, 5.74) is 0.541. The maximum atomic E-state index is 11.8. The number of hydrogen-bond donors (Lipinski definition) is 0. The summed E-state index contributed by atoms with van der Waals surface area (Å²) in [6.07, 6.45) is 0.983. The molecule has 1 aromatic carbocycles. The number of carbonyl (C=O) groups excluding carboxylic acids is 1. The highest BCUT2D eigenvalue weighted by Gasteiger charge is 2.18. The molecule has 1 saturated heterocycles. The van der Waals surface area contributed by atoms with Gasteiger partial charge in [0, 0.05) is 26.7 Å². The van der Waals surface area contributed by atoms with E-state index in [0.717, 1.165) is 19.5 Å². The third-order valence-electron chi connectivity index (χ3n) is 3.43. The van der Waals surface area contributed by atoms with Crippen molar-refractivity contribution in [2.24, 2.45) is 0 Å². The number of likely N-dealkylation sites (N-methyl/N-ethyl adjacent to an activating group) is 1. The summed E-state index contributed by atoms with van der Waals surface area (Å²) in [7, 11) is 1.84. The summed E-state index contributed by atoms with van der Waals surface area (Å²) in [6.45, 7) is 3.33. The second kappa shape index (κ2) is 6.92. The summed E-state index contributed by atoms with van der Waals surface area (Å²) in [6, 6.07) is 9.30. The van der Waals surface area contributed by atoms with Crippen LogP contribution in [0, 0.1) is 11.3 Å². The van der Waals surface area contributed by atoms with Gasteiger partial charge in [-0.05, 0) is 18.6 Å². The standard InChI is InChI=1S/C15H19N3O2/c1-17-7-4-8-18(12-15(17)19)9-10-20-14-6-3-2-5-13(14)11-16/h2-3,5-6H,4,7-10,12H2,1H3. The minimum atomic E-state index is 0.153. The Kier molecular flexibility index (Phi) is 4.97. The fourth-order valence-corrected chi connectivity index (χ4v) is 2.21. The van der Waals surface area contributed by atoms with E-state index < -0.39 is 0 Å². The molecule has 1 aliphatic rings. The highest BCUT2D eigenvalue weighted by molar-refractivity contribution is 5.78. The van der Waals surface area contributed by atoms with Crippen molar-refractivity contribution >= 4 is 5.91 Å². The predicted molar refractivity (Wildman–Crippen MR) is 75.3 cm³/mol. The first kappa shape index (κ1) is 14.4. The van der Waals surface area contributed by atoms with Gasteiger partial charge in [-0.3, -0.25) is 9.69 Å². The van der Waals surface area contributed by atoms with Gasteiger partial charge in [-0.25, -0.2) is 0 Å². The summed E-state index contributed by atoms with van der Waals surface area (Å²) in [5, 5.41) is 8.98. The summed E-state index contributed by atoms with van der Waals surface area (Å²) in [4.78, 5) is 15.6. The van der Waals surface area contributed by atoms with Gasteiger partial charge in [0.1, 0.15) is 18.4 Å². The second-order valence-electron chi connectivity index (χ2n) is 4.90. The minimum Gasteiger partial charge on any atom is -0.491 e. The van der Waals surface area contributed by atoms with Crippen molar-refractivity contribution in [3.05, 3.63) is 29.8 Å². The lowest BCUT2D eigenvalue weighted by Gasteiger charge is -2.19. The van der Waals surface area contributed by atoms with E-state index in [1.807, 2.05) is 19.2 Å². The number of benzene rings is 1. The van der Waals surface area contributed by atoms with Crippen LogP contribution in [0.2, 0.25) is 0 Å². The Hall–Kier alpha value is -2.06. The van der Waals surface area contributed by atoms with Crippen molar-refractivity contribution < 1.29 is 9.53 Å². The SMILES string of the molecule is CN1CCCN(CCOc2ccccc2C#N)CC1=O. The molecule has 5 heteroatoms. The van der Waals surface area contributed by atoms with E-state index in [1.54, 1.807) is 17.0 Å². The second-order valence-corrected chi connectivity index (χ2v) is 4.90. The number of hydrogen-bond acceptors (Lipinski definition) is 4. The first-order valence-corrected chi connectivity index (χ1v) is 6.79. The van der Waals surface area contributed by atoms with Crippen LogP contribution in [0.3, 0.4) is 0 Å². The maximum Gasteiger partial charge on any atom is 0.236 e. The highest BCUT2D eigenvalue weighted by Crippen LogP contribution is 2.16. The first-order chi connectivity index (χ1) is 9.70. The number of para-hydroxylation sites is 1. The molecule has 0 saturated carbocycles. The molecule has 0 aliphatic carbocycles. The molecule has 0 spiro atoms. The molecule has 2 rings (SSSR count). The van der Waals surface area contributed by atoms with Gasteiger partial charge in [-0.15, -0.1) is 0 Å². The smallest absolute Gasteiger partial charge is 0.236 e. The molecule has 0 bridgehead atoms. The summed E-state index contributed by atoms with van der Waals surface area (Å²) >= 11 is 0. The van der Waals surface area contributed by atoms with Gasteiger partial charge >= 0.3 is 0 Å². The molecule has 0 radical (unpaired) electrons. The van der Waals surface area contributed by atoms with Crippen molar-refractivity contribution in [3.63, 3.8) is 0 Å². The zero-order valence-corrected chi connectivity index (χ0v) is 11.7. The summed E-state index contributed by atoms with van der Waals surface area (Å²) in [5.74, 6) is 0.758. The zero-order chi connectivity index (χ0) is 14.4. The van der Waals surface area contributed by atoms with Crippen LogP contribution in [-0.4, -0.2) is 55.5 Å². The predicted octanol–water partition coefficient (Wildman–Crippen LogP) is 1.10. The molecular weight excluding hydrogens is 254 g/mol. The van der Waals surface area contributed by atoms with Crippen molar-refractivity contribution in [2.45, 2.75) is 6.42 Å². The lowest BCUT2D eigenvalue weighted by atomic mass is 10.2. The number of carbonyl (C=O) groups is 1. The van der Waals surface area contributed by atoms with E-state index in [2.05, 4.69) is 11.0 Å². The molecule has 0 aromatic heterocycles. The van der Waals surface area contributed by atoms with Crippen LogP contribution in [0.15, 0.2) is 24.3 Å². The van der Waals surface area contributed by atoms with Gasteiger partial charge in [0.05, 0.1) is 12.1 Å². The third-order valence-corrected chi connectivity index (χ3v) is 3.43. The number of nitrogens with zero attached hydrogens (tertiary/aromatic N) is 3. The van der Waals surface area contributed by atoms with Crippen LogP contribution in [0.5, 0.6) is 5.75 Å². The van der Waals surface area contributed by atoms with Crippen molar-refractivity contribution in [1.82, 2.24) is 9.80 Å². The number of nitriles is 1. The monoisotopic (exact) mass is 273 g/mol. The molecule has 0 unspecified atom stereocenters. The lowest BCUT2D eigenvalue weighted by molar-refractivity contribution is -0.129. The van der Waals surface area contributed by atoms with E-state index in [1.165, 1.54) is 0 Å². The Morgan fingerprint density at radius 3 is 2.95 bits per heavy atom. The fourth-order valence-electron chi connectivity index (χ4n) is 2.21. The first-order valence-electron chi connectivity index (χ1n) is 6.79. The molecule has 1 amide bonds. The average Bonchev–Trinajstić information content (AvgIpc) is 2.61. The van der Waals surface area contributed by atoms with Gasteiger partial charge in [-0.2, -0.15) is 5.26 Å². The van der Waals surface area contributed by atoms with Crippen LogP contribution in [0.25, 0.3) is 0 Å². The lowest BCUT2D eigenvalue weighted by Crippen LogP contribution is -2.36. The topological polar surface area (TPSA) is 56.6 Å². The Morgan fingerprint density at radius 2 is 2.15 bits per heavy atom. The number of rotatable bonds is 4. The van der Waals surface area contributed by atoms with Gasteiger partial charge < -0.3 is 9.64 Å². The summed E-state index contributed by atoms with van der Waals surface area (Å²) < 4.78 is 5.64. The largest absolute Gasteiger partial charge is 0.491 e. The third kappa shape index (κ3) is 3.72. The van der Waals surface area contributed by atoms with Crippen LogP contribution < -0.4 is 4.74 Å². The van der Waals surface area contributed by atoms with Crippen LogP contribution in [0.1, 0.15) is 12.0 Å². The van der Waals surface area contributed by atoms with Gasteiger partial charge in [-0.1, -0.05) is 12.1 Å². The number of amides is 1. The molecule has 0 N–H and O–H groups in total. The normalized spacial score (nSPS) is 16.6. The maximum absolute atomic E-state index is 11.8. The molecule has 0 atom stereocenters. The Morgan fingerprint density at radius 1 is 1.35 bits per heavy atom. The van der Waals surface area contributed by atoms with E-state index >= 15 is 0 Å². The van der Waals surface area contributed by atoms with Crippen LogP contribution >= 0.6 is 0 Å². The van der Waals surface area contributed by atoms with Crippen LogP contribution in [-0.2, 0) is 4.79 Å². The van der Waals surface area contributed by atoms with Crippen LogP contribution in [0.4, 0.5) is 0 Å². The van der Waals surface area contributed by atoms with Crippen molar-refractivity contribution in [3.8, 4) is 11.8 Å². The molecule has 1 aromatic rings. The molecule has 20 heavy (non-hydrogen) atoms. The quantitative estimate of drug-likeness (QED) is 0.824. The molecular formula is C15H19N3O2. The molecule has 1 aliphatic heterocycles. The Balaban J connectivity index is 1.84. The zero-order valence-electron chi connectivity index (χ0n) is 11.7. The van der Waals surface area contributed by atoms with Crippen molar-refractivity contribution in [1.29, 1.82) is 5.26 Å². The molecule has 1 heterocycles. The highest BCUT2D eigenvalue weighted by atomic mass is 16.5. The fraction of sp³-hybridized carbons (Fsp3) is 0.467.